The van der Waals surface area contributed by atoms with E-state index in [0.717, 1.165) is 24.4 Å². The van der Waals surface area contributed by atoms with E-state index >= 15 is 0 Å². The highest BCUT2D eigenvalue weighted by Gasteiger charge is 2.54. The molecule has 3 heteroatoms. The topological polar surface area (TPSA) is 12.5 Å². The molecule has 2 atom stereocenters. The Morgan fingerprint density at radius 2 is 1.76 bits per heavy atom. The zero-order valence-electron chi connectivity index (χ0n) is 19.2. The molecule has 0 radical (unpaired) electrons. The molecule has 0 N–H and O–H groups in total. The largest absolute Gasteiger partial charge is 0.458 e. The number of fused-ring (bicyclic) bond motifs is 8. The van der Waals surface area contributed by atoms with E-state index in [1.807, 2.05) is 0 Å². The van der Waals surface area contributed by atoms with Gasteiger partial charge in [-0.15, -0.1) is 0 Å². The van der Waals surface area contributed by atoms with Crippen molar-refractivity contribution in [3.8, 4) is 5.75 Å². The van der Waals surface area contributed by atoms with Gasteiger partial charge in [-0.05, 0) is 65.5 Å². The first-order valence-corrected chi connectivity index (χ1v) is 12.4. The number of hydrogen-bond acceptors (Lipinski definition) is 2. The summed E-state index contributed by atoms with van der Waals surface area (Å²) in [5.74, 6) is 2.38. The average Bonchev–Trinajstić information content (AvgIpc) is 3.21. The number of anilines is 2. The molecule has 0 amide bonds. The Kier molecular flexibility index (Phi) is 3.66. The third-order valence-electron chi connectivity index (χ3n) is 8.16. The number of hydrogen-bond donors (Lipinski definition) is 0. The lowest BCUT2D eigenvalue weighted by molar-refractivity contribution is 0.422. The summed E-state index contributed by atoms with van der Waals surface area (Å²) >= 11 is 0. The van der Waals surface area contributed by atoms with Crippen LogP contribution in [-0.4, -0.2) is 12.8 Å². The summed E-state index contributed by atoms with van der Waals surface area (Å²) in [5.41, 5.74) is 12.1. The minimum atomic E-state index is 0.215. The molecule has 3 heterocycles. The van der Waals surface area contributed by atoms with Gasteiger partial charge in [0, 0.05) is 22.9 Å². The fourth-order valence-electron chi connectivity index (χ4n) is 6.81. The van der Waals surface area contributed by atoms with Crippen LogP contribution in [0, 0.1) is 6.92 Å². The van der Waals surface area contributed by atoms with Crippen LogP contribution in [0.4, 0.5) is 11.4 Å². The molecule has 2 unspecified atom stereocenters. The first-order chi connectivity index (χ1) is 16.8. The molecule has 3 aliphatic heterocycles. The molecule has 0 saturated carbocycles. The van der Waals surface area contributed by atoms with E-state index in [9.17, 15) is 0 Å². The first kappa shape index (κ1) is 18.7. The van der Waals surface area contributed by atoms with Crippen molar-refractivity contribution in [2.24, 2.45) is 0 Å². The van der Waals surface area contributed by atoms with Crippen LogP contribution in [0.1, 0.15) is 29.9 Å². The van der Waals surface area contributed by atoms with Gasteiger partial charge in [-0.2, -0.15) is 0 Å². The van der Waals surface area contributed by atoms with Crippen molar-refractivity contribution in [2.75, 3.05) is 4.90 Å². The number of nitrogens with zero attached hydrogens (tertiary/aromatic N) is 1. The molecular formula is C31H24BNO. The highest BCUT2D eigenvalue weighted by atomic mass is 16.5. The summed E-state index contributed by atoms with van der Waals surface area (Å²) in [6.07, 6.45) is 11.7. The Balaban J connectivity index is 1.48. The maximum atomic E-state index is 6.81. The minimum absolute atomic E-state index is 0.215. The molecule has 34 heavy (non-hydrogen) atoms. The zero-order valence-corrected chi connectivity index (χ0v) is 19.2. The SMILES string of the molecule is Cc1ccc2c(c1)C1C=C(C3=CCCC=C3)C3=C4B(c5ccccc5O3)c3ccccc3N2C41. The van der Waals surface area contributed by atoms with Gasteiger partial charge < -0.3 is 9.64 Å². The molecule has 2 nitrogen and oxygen atoms in total. The number of ether oxygens (including phenoxy) is 1. The standard InChI is InChI=1S/C31H24BNO/c1-19-15-16-26-22(17-19)23-18-21(20-9-3-2-4-10-20)31-29-30(23)33(26)27-13-7-5-11-24(27)32(29)25-12-6-8-14-28(25)34-31/h3,5-18,23,30H,2,4H2,1H3. The Labute approximate surface area is 200 Å². The molecule has 162 valence electrons. The maximum Gasteiger partial charge on any atom is 0.251 e. The van der Waals surface area contributed by atoms with E-state index in [4.69, 9.17) is 4.74 Å². The molecule has 3 aromatic carbocycles. The van der Waals surface area contributed by atoms with Gasteiger partial charge in [-0.25, -0.2) is 0 Å². The molecule has 0 saturated heterocycles. The summed E-state index contributed by atoms with van der Waals surface area (Å²) in [7, 11) is 0. The second-order valence-corrected chi connectivity index (χ2v) is 10.0. The summed E-state index contributed by atoms with van der Waals surface area (Å²) in [6.45, 7) is 2.42. The number of rotatable bonds is 1. The van der Waals surface area contributed by atoms with Gasteiger partial charge >= 0.3 is 0 Å². The van der Waals surface area contributed by atoms with Crippen LogP contribution in [0.15, 0.2) is 113 Å². The van der Waals surface area contributed by atoms with Crippen molar-refractivity contribution in [3.05, 3.63) is 125 Å². The molecule has 0 bridgehead atoms. The highest BCUT2D eigenvalue weighted by molar-refractivity contribution is 6.93. The fourth-order valence-corrected chi connectivity index (χ4v) is 6.81. The summed E-state index contributed by atoms with van der Waals surface area (Å²) in [4.78, 5) is 2.59. The van der Waals surface area contributed by atoms with Gasteiger partial charge in [0.15, 0.2) is 0 Å². The maximum absolute atomic E-state index is 6.81. The molecule has 3 aromatic rings. The lowest BCUT2D eigenvalue weighted by Crippen LogP contribution is -2.59. The Morgan fingerprint density at radius 1 is 0.912 bits per heavy atom. The fraction of sp³-hybridized carbons (Fsp3) is 0.161. The van der Waals surface area contributed by atoms with E-state index in [2.05, 4.69) is 103 Å². The van der Waals surface area contributed by atoms with Gasteiger partial charge in [0.25, 0.3) is 6.71 Å². The quantitative estimate of drug-likeness (QED) is 0.458. The van der Waals surface area contributed by atoms with Crippen LogP contribution in [-0.2, 0) is 0 Å². The predicted molar refractivity (Wildman–Crippen MR) is 140 cm³/mol. The number of para-hydroxylation sites is 2. The predicted octanol–water partition coefficient (Wildman–Crippen LogP) is 5.62. The van der Waals surface area contributed by atoms with Gasteiger partial charge in [0.05, 0.1) is 6.04 Å². The third kappa shape index (κ3) is 2.32. The van der Waals surface area contributed by atoms with Gasteiger partial charge in [-0.3, -0.25) is 0 Å². The van der Waals surface area contributed by atoms with E-state index in [0.29, 0.717) is 5.92 Å². The van der Waals surface area contributed by atoms with Crippen LogP contribution < -0.4 is 20.6 Å². The molecule has 0 aromatic heterocycles. The monoisotopic (exact) mass is 437 g/mol. The van der Waals surface area contributed by atoms with Crippen LogP contribution >= 0.6 is 0 Å². The summed E-state index contributed by atoms with van der Waals surface area (Å²) in [5, 5.41) is 0. The summed E-state index contributed by atoms with van der Waals surface area (Å²) in [6, 6.07) is 24.9. The smallest absolute Gasteiger partial charge is 0.251 e. The van der Waals surface area contributed by atoms with Crippen LogP contribution in [0.3, 0.4) is 0 Å². The van der Waals surface area contributed by atoms with Crippen molar-refractivity contribution >= 4 is 29.0 Å². The molecule has 0 fully saturated rings. The van der Waals surface area contributed by atoms with Crippen LogP contribution in [0.5, 0.6) is 5.75 Å². The molecule has 2 aliphatic carbocycles. The third-order valence-corrected chi connectivity index (χ3v) is 8.16. The van der Waals surface area contributed by atoms with Crippen molar-refractivity contribution in [2.45, 2.75) is 31.7 Å². The second kappa shape index (κ2) is 6.67. The van der Waals surface area contributed by atoms with E-state index in [-0.39, 0.29) is 12.8 Å². The van der Waals surface area contributed by atoms with Gasteiger partial charge in [-0.1, -0.05) is 78.4 Å². The normalized spacial score (nSPS) is 22.9. The lowest BCUT2D eigenvalue weighted by Gasteiger charge is -2.46. The van der Waals surface area contributed by atoms with Gasteiger partial charge in [0.2, 0.25) is 0 Å². The Hall–Kier alpha value is -3.72. The first-order valence-electron chi connectivity index (χ1n) is 12.4. The second-order valence-electron chi connectivity index (χ2n) is 10.0. The van der Waals surface area contributed by atoms with Crippen LogP contribution in [0.2, 0.25) is 0 Å². The van der Waals surface area contributed by atoms with E-state index < -0.39 is 0 Å². The Morgan fingerprint density at radius 3 is 2.65 bits per heavy atom. The number of allylic oxidation sites excluding steroid dienone is 4. The zero-order chi connectivity index (χ0) is 22.4. The van der Waals surface area contributed by atoms with E-state index in [1.54, 1.807) is 0 Å². The summed E-state index contributed by atoms with van der Waals surface area (Å²) < 4.78 is 6.81. The van der Waals surface area contributed by atoms with Crippen molar-refractivity contribution in [3.63, 3.8) is 0 Å². The molecular weight excluding hydrogens is 413 g/mol. The van der Waals surface area contributed by atoms with Crippen LogP contribution in [0.25, 0.3) is 0 Å². The molecule has 5 aliphatic rings. The van der Waals surface area contributed by atoms with Crippen molar-refractivity contribution in [1.82, 2.24) is 0 Å². The van der Waals surface area contributed by atoms with Crippen molar-refractivity contribution in [1.29, 1.82) is 0 Å². The minimum Gasteiger partial charge on any atom is -0.458 e. The lowest BCUT2D eigenvalue weighted by atomic mass is 9.31. The number of aryl methyl sites for hydroxylation is 1. The van der Waals surface area contributed by atoms with E-state index in [1.165, 1.54) is 50.0 Å². The Bertz CT molecular complexity index is 1520. The number of benzene rings is 3. The van der Waals surface area contributed by atoms with Crippen molar-refractivity contribution < 1.29 is 4.74 Å². The average molecular weight is 437 g/mol. The van der Waals surface area contributed by atoms with Gasteiger partial charge in [0.1, 0.15) is 11.5 Å². The molecule has 0 spiro atoms. The molecule has 8 rings (SSSR count). The highest BCUT2D eigenvalue weighted by Crippen LogP contribution is 2.55.